The second kappa shape index (κ2) is 13.8. The van der Waals surface area contributed by atoms with Gasteiger partial charge >= 0.3 is 0 Å². The quantitative estimate of drug-likeness (QED) is 0.167. The average Bonchev–Trinajstić information content (AvgIpc) is 3.66. The molecule has 6 aromatic rings. The third kappa shape index (κ3) is 4.71. The van der Waals surface area contributed by atoms with Gasteiger partial charge in [-0.15, -0.1) is 0 Å². The number of hydrogen-bond acceptors (Lipinski definition) is 6. The second-order valence-corrected chi connectivity index (χ2v) is 18.7. The van der Waals surface area contributed by atoms with Gasteiger partial charge in [0.15, 0.2) is 34.5 Å². The predicted octanol–water partition coefficient (Wildman–Crippen LogP) is 12.7. The maximum Gasteiger partial charge on any atom is 0.161 e. The van der Waals surface area contributed by atoms with Crippen LogP contribution < -0.4 is 28.4 Å². The molecule has 0 N–H and O–H groups in total. The van der Waals surface area contributed by atoms with E-state index in [-0.39, 0.29) is 21.7 Å². The first-order chi connectivity index (χ1) is 30.4. The van der Waals surface area contributed by atoms with Crippen LogP contribution >= 0.6 is 0 Å². The Morgan fingerprint density at radius 2 is 0.532 bits per heavy atom. The minimum atomic E-state index is -0.320. The van der Waals surface area contributed by atoms with Crippen LogP contribution in [0.5, 0.6) is 34.5 Å². The van der Waals surface area contributed by atoms with Gasteiger partial charge in [-0.2, -0.15) is 0 Å². The highest BCUT2D eigenvalue weighted by Gasteiger charge is 2.82. The lowest BCUT2D eigenvalue weighted by molar-refractivity contribution is 0.0539. The summed E-state index contributed by atoms with van der Waals surface area (Å²) in [6.45, 7) is 12.8. The summed E-state index contributed by atoms with van der Waals surface area (Å²) in [5, 5.41) is 0. The van der Waals surface area contributed by atoms with Gasteiger partial charge in [-0.3, -0.25) is 0 Å². The largest absolute Gasteiger partial charge is 0.485 e. The van der Waals surface area contributed by atoms with E-state index in [1.807, 2.05) is 72.8 Å². The summed E-state index contributed by atoms with van der Waals surface area (Å²) in [6.07, 6.45) is 6.19. The van der Waals surface area contributed by atoms with E-state index in [1.54, 1.807) is 0 Å². The molecule has 0 saturated heterocycles. The van der Waals surface area contributed by atoms with Crippen LogP contribution in [0.25, 0.3) is 0 Å². The number of fused-ring (bicyclic) bond motifs is 15. The zero-order valence-electron chi connectivity index (χ0n) is 36.3. The Balaban J connectivity index is 1.17. The van der Waals surface area contributed by atoms with Crippen LogP contribution in [0, 0.1) is 5.41 Å². The Hall–Kier alpha value is -5.88. The highest BCUT2D eigenvalue weighted by Crippen LogP contribution is 2.85. The van der Waals surface area contributed by atoms with Crippen molar-refractivity contribution in [3.8, 4) is 34.5 Å². The van der Waals surface area contributed by atoms with Crippen LogP contribution in [0.3, 0.4) is 0 Å². The Kier molecular flexibility index (Phi) is 8.43. The van der Waals surface area contributed by atoms with Crippen LogP contribution in [0.15, 0.2) is 109 Å². The Labute approximate surface area is 365 Å². The molecule has 0 atom stereocenters. The van der Waals surface area contributed by atoms with Crippen molar-refractivity contribution in [2.45, 2.75) is 122 Å². The molecule has 3 heterocycles. The van der Waals surface area contributed by atoms with Crippen LogP contribution in [-0.2, 0) is 55.9 Å². The Bertz CT molecular complexity index is 2340. The molecule has 0 amide bonds. The lowest BCUT2D eigenvalue weighted by Gasteiger charge is -2.53. The standard InChI is InChI=1S/C56H54O6/c1-5-20-54-41-23-35-29-57-47-14-8-10-16-49(47)59-31-37(35)25-43(41)55(21-6-2)45-27-39-33-61-51-18-12-13-19-52(51)62-34-40(39)28-46(45)56(22-7-3,53(54,55)4)44-26-38-32-60-50-17-11-9-15-48(50)58-30-36(38)24-42(44)54/h8-19,23-28H,5-7,20-22,29-34H2,1-4H3. The van der Waals surface area contributed by atoms with E-state index >= 15 is 0 Å². The Morgan fingerprint density at radius 1 is 0.339 bits per heavy atom. The monoisotopic (exact) mass is 822 g/mol. The second-order valence-electron chi connectivity index (χ2n) is 18.7. The molecule has 62 heavy (non-hydrogen) atoms. The number of rotatable bonds is 6. The van der Waals surface area contributed by atoms with Crippen molar-refractivity contribution >= 4 is 0 Å². The third-order valence-electron chi connectivity index (χ3n) is 16.1. The van der Waals surface area contributed by atoms with Crippen molar-refractivity contribution in [3.63, 3.8) is 0 Å². The number of hydrogen-bond donors (Lipinski definition) is 0. The maximum absolute atomic E-state index is 6.62. The van der Waals surface area contributed by atoms with Crippen LogP contribution in [0.2, 0.25) is 0 Å². The molecule has 6 aromatic carbocycles. The molecule has 0 bridgehead atoms. The highest BCUT2D eigenvalue weighted by molar-refractivity contribution is 5.79. The van der Waals surface area contributed by atoms with E-state index in [9.17, 15) is 0 Å². The van der Waals surface area contributed by atoms with Crippen LogP contribution in [0.4, 0.5) is 0 Å². The predicted molar refractivity (Wildman–Crippen MR) is 240 cm³/mol. The average molecular weight is 823 g/mol. The molecule has 6 nitrogen and oxygen atoms in total. The van der Waals surface area contributed by atoms with E-state index < -0.39 is 0 Å². The fourth-order valence-electron chi connectivity index (χ4n) is 13.8. The normalized spacial score (nSPS) is 25.2. The first-order valence-corrected chi connectivity index (χ1v) is 23.0. The van der Waals surface area contributed by atoms with Gasteiger partial charge in [0.25, 0.3) is 0 Å². The van der Waals surface area contributed by atoms with E-state index in [0.717, 1.165) is 73.0 Å². The van der Waals surface area contributed by atoms with E-state index in [1.165, 1.54) is 66.8 Å². The van der Waals surface area contributed by atoms with Crippen molar-refractivity contribution in [3.05, 3.63) is 176 Å². The maximum atomic E-state index is 6.62. The lowest BCUT2D eigenvalue weighted by Crippen LogP contribution is -2.54. The van der Waals surface area contributed by atoms with E-state index in [0.29, 0.717) is 39.6 Å². The molecule has 0 spiro atoms. The highest BCUT2D eigenvalue weighted by atomic mass is 16.5. The topological polar surface area (TPSA) is 55.4 Å². The summed E-state index contributed by atoms with van der Waals surface area (Å²) in [6, 6.07) is 39.7. The van der Waals surface area contributed by atoms with Gasteiger partial charge in [-0.05, 0) is 122 Å². The van der Waals surface area contributed by atoms with Crippen LogP contribution in [0.1, 0.15) is 133 Å². The van der Waals surface area contributed by atoms with Crippen LogP contribution in [-0.4, -0.2) is 0 Å². The summed E-state index contributed by atoms with van der Waals surface area (Å²) in [4.78, 5) is 0. The molecule has 0 fully saturated rings. The number of benzene rings is 6. The fraction of sp³-hybridized carbons (Fsp3) is 0.357. The van der Waals surface area contributed by atoms with Gasteiger partial charge in [0.05, 0.1) is 0 Å². The molecule has 3 aliphatic carbocycles. The molecule has 6 aliphatic rings. The zero-order chi connectivity index (χ0) is 41.8. The molecule has 6 heteroatoms. The van der Waals surface area contributed by atoms with Crippen molar-refractivity contribution in [1.82, 2.24) is 0 Å². The summed E-state index contributed by atoms with van der Waals surface area (Å²) in [5.41, 5.74) is 14.8. The molecule has 12 rings (SSSR count). The molecule has 314 valence electrons. The lowest BCUT2D eigenvalue weighted by atomic mass is 9.48. The first kappa shape index (κ1) is 37.8. The molecule has 0 radical (unpaired) electrons. The number of ether oxygens (including phenoxy) is 6. The Morgan fingerprint density at radius 3 is 0.710 bits per heavy atom. The SMILES string of the molecule is CCCC12c3cc4c(cc3C3(CCC)c5cc6c(cc5C(CCC)(c5cc7c(cc51)COc1ccccc1OC7)C23C)COc1ccccc1OC6)COc1ccccc1OC4. The van der Waals surface area contributed by atoms with Gasteiger partial charge in [0.1, 0.15) is 39.6 Å². The molecule has 3 aliphatic heterocycles. The van der Waals surface area contributed by atoms with Gasteiger partial charge in [0, 0.05) is 21.7 Å². The van der Waals surface area contributed by atoms with Gasteiger partial charge in [-0.1, -0.05) is 120 Å². The van der Waals surface area contributed by atoms with Gasteiger partial charge in [0.2, 0.25) is 0 Å². The van der Waals surface area contributed by atoms with E-state index in [2.05, 4.69) is 64.1 Å². The van der Waals surface area contributed by atoms with Gasteiger partial charge < -0.3 is 28.4 Å². The smallest absolute Gasteiger partial charge is 0.161 e. The number of para-hydroxylation sites is 6. The minimum Gasteiger partial charge on any atom is -0.485 e. The van der Waals surface area contributed by atoms with Crippen molar-refractivity contribution in [2.75, 3.05) is 0 Å². The summed E-state index contributed by atoms with van der Waals surface area (Å²) in [5.74, 6) is 4.77. The minimum absolute atomic E-state index is 0.274. The fourth-order valence-corrected chi connectivity index (χ4v) is 13.8. The third-order valence-corrected chi connectivity index (χ3v) is 16.1. The molecule has 0 unspecified atom stereocenters. The molecule has 0 aromatic heterocycles. The molecule has 0 saturated carbocycles. The molecular weight excluding hydrogens is 769 g/mol. The first-order valence-electron chi connectivity index (χ1n) is 23.0. The van der Waals surface area contributed by atoms with Gasteiger partial charge in [-0.25, -0.2) is 0 Å². The van der Waals surface area contributed by atoms with Crippen molar-refractivity contribution < 1.29 is 28.4 Å². The summed E-state index contributed by atoms with van der Waals surface area (Å²) >= 11 is 0. The zero-order valence-corrected chi connectivity index (χ0v) is 36.3. The molecular formula is C56H54O6. The summed E-state index contributed by atoms with van der Waals surface area (Å²) < 4.78 is 39.7. The van der Waals surface area contributed by atoms with Crippen molar-refractivity contribution in [2.24, 2.45) is 5.41 Å². The van der Waals surface area contributed by atoms with E-state index in [4.69, 9.17) is 28.4 Å². The van der Waals surface area contributed by atoms with Crippen molar-refractivity contribution in [1.29, 1.82) is 0 Å². The summed E-state index contributed by atoms with van der Waals surface area (Å²) in [7, 11) is 0.